The third kappa shape index (κ3) is 26.0. The van der Waals surface area contributed by atoms with Crippen molar-refractivity contribution < 1.29 is 0 Å². The van der Waals surface area contributed by atoms with Crippen LogP contribution in [-0.4, -0.2) is 0 Å². The highest BCUT2D eigenvalue weighted by molar-refractivity contribution is 4.64. The quantitative estimate of drug-likeness (QED) is 0.146. The summed E-state index contributed by atoms with van der Waals surface area (Å²) in [4.78, 5) is 0. The minimum absolute atomic E-state index is 1.37. The van der Waals surface area contributed by atoms with Crippen LogP contribution in [0.15, 0.2) is 0 Å². The topological polar surface area (TPSA) is 0 Å². The van der Waals surface area contributed by atoms with Gasteiger partial charge in [-0.05, 0) is 6.42 Å². The molecule has 0 amide bonds. The largest absolute Gasteiger partial charge is 0.0654 e. The van der Waals surface area contributed by atoms with E-state index < -0.39 is 0 Å². The fourth-order valence-electron chi connectivity index (χ4n) is 4.05. The molecule has 0 atom stereocenters. The van der Waals surface area contributed by atoms with Gasteiger partial charge in [0.2, 0.25) is 0 Å². The summed E-state index contributed by atoms with van der Waals surface area (Å²) in [5, 5.41) is 0. The van der Waals surface area contributed by atoms with Crippen LogP contribution in [0.2, 0.25) is 0 Å². The lowest BCUT2D eigenvalue weighted by Gasteiger charge is -2.04. The Morgan fingerprint density at radius 3 is 0.778 bits per heavy atom. The molecule has 1 radical (unpaired) electrons. The summed E-state index contributed by atoms with van der Waals surface area (Å²) in [6.07, 6.45) is 37.4. The average molecular weight is 380 g/mol. The Hall–Kier alpha value is 0. The van der Waals surface area contributed by atoms with E-state index in [0.717, 1.165) is 0 Å². The molecule has 0 rings (SSSR count). The maximum absolute atomic E-state index is 2.57. The van der Waals surface area contributed by atoms with Crippen LogP contribution < -0.4 is 0 Å². The molecule has 0 bridgehead atoms. The first-order chi connectivity index (χ1) is 13.4. The van der Waals surface area contributed by atoms with Gasteiger partial charge in [0.1, 0.15) is 0 Å². The van der Waals surface area contributed by atoms with Crippen LogP contribution in [0.3, 0.4) is 0 Å². The molecule has 27 heavy (non-hydrogen) atoms. The molecule has 0 aromatic heterocycles. The standard InChI is InChI=1S/C27H55/c1-3-5-7-9-11-13-15-17-19-21-23-25-27-26-24-22-20-18-16-14-12-10-8-6-4-2/h21H,3-20,22-27H2,1-2H3. The van der Waals surface area contributed by atoms with Crippen molar-refractivity contribution in [1.29, 1.82) is 0 Å². The molecule has 0 heterocycles. The van der Waals surface area contributed by atoms with E-state index in [1.807, 2.05) is 0 Å². The summed E-state index contributed by atoms with van der Waals surface area (Å²) in [5.41, 5.74) is 0. The molecule has 0 aromatic carbocycles. The number of hydrogen-bond acceptors (Lipinski definition) is 0. The fourth-order valence-corrected chi connectivity index (χ4v) is 4.05. The predicted molar refractivity (Wildman–Crippen MR) is 126 cm³/mol. The minimum Gasteiger partial charge on any atom is -0.0654 e. The van der Waals surface area contributed by atoms with Crippen molar-refractivity contribution in [3.8, 4) is 0 Å². The highest BCUT2D eigenvalue weighted by atomic mass is 14.0. The number of unbranched alkanes of at least 4 members (excludes halogenated alkanes) is 24. The Morgan fingerprint density at radius 2 is 0.519 bits per heavy atom. The van der Waals surface area contributed by atoms with Gasteiger partial charge in [-0.1, -0.05) is 168 Å². The molecule has 0 aliphatic carbocycles. The Kier molecular flexibility index (Phi) is 26.0. The molecule has 163 valence electrons. The van der Waals surface area contributed by atoms with Gasteiger partial charge >= 0.3 is 0 Å². The molecule has 0 saturated carbocycles. The van der Waals surface area contributed by atoms with Crippen molar-refractivity contribution in [2.24, 2.45) is 0 Å². The third-order valence-corrected chi connectivity index (χ3v) is 6.02. The number of rotatable bonds is 24. The second kappa shape index (κ2) is 26.0. The molecule has 0 aliphatic heterocycles. The van der Waals surface area contributed by atoms with E-state index in [-0.39, 0.29) is 0 Å². The van der Waals surface area contributed by atoms with Crippen LogP contribution in [0.5, 0.6) is 0 Å². The molecule has 0 N–H and O–H groups in total. The molecule has 0 aromatic rings. The zero-order chi connectivity index (χ0) is 19.7. The lowest BCUT2D eigenvalue weighted by atomic mass is 10.0. The van der Waals surface area contributed by atoms with Crippen molar-refractivity contribution in [3.05, 3.63) is 6.42 Å². The summed E-state index contributed by atoms with van der Waals surface area (Å²) >= 11 is 0. The third-order valence-electron chi connectivity index (χ3n) is 6.02. The van der Waals surface area contributed by atoms with Crippen molar-refractivity contribution in [2.45, 2.75) is 168 Å². The van der Waals surface area contributed by atoms with E-state index in [0.29, 0.717) is 0 Å². The van der Waals surface area contributed by atoms with E-state index in [4.69, 9.17) is 0 Å². The minimum atomic E-state index is 1.37. The van der Waals surface area contributed by atoms with Crippen molar-refractivity contribution in [1.82, 2.24) is 0 Å². The molecule has 0 nitrogen and oxygen atoms in total. The van der Waals surface area contributed by atoms with Crippen molar-refractivity contribution >= 4 is 0 Å². The zero-order valence-corrected chi connectivity index (χ0v) is 19.5. The first-order valence-corrected chi connectivity index (χ1v) is 13.2. The summed E-state index contributed by atoms with van der Waals surface area (Å²) in [6.45, 7) is 4.60. The summed E-state index contributed by atoms with van der Waals surface area (Å²) in [6, 6.07) is 0. The monoisotopic (exact) mass is 379 g/mol. The van der Waals surface area contributed by atoms with Gasteiger partial charge in [0.05, 0.1) is 0 Å². The second-order valence-corrected chi connectivity index (χ2v) is 8.94. The molecular formula is C27H55. The summed E-state index contributed by atoms with van der Waals surface area (Å²) in [5.74, 6) is 0. The molecule has 0 aliphatic rings. The Balaban J connectivity index is 2.95. The first kappa shape index (κ1) is 27.0. The average Bonchev–Trinajstić information content (AvgIpc) is 2.68. The normalized spacial score (nSPS) is 11.3. The molecule has 0 saturated heterocycles. The second-order valence-electron chi connectivity index (χ2n) is 8.94. The van der Waals surface area contributed by atoms with Gasteiger partial charge < -0.3 is 0 Å². The van der Waals surface area contributed by atoms with Gasteiger partial charge in [-0.25, -0.2) is 0 Å². The van der Waals surface area contributed by atoms with Crippen LogP contribution in [0.1, 0.15) is 168 Å². The van der Waals surface area contributed by atoms with Crippen molar-refractivity contribution in [2.75, 3.05) is 0 Å². The lowest BCUT2D eigenvalue weighted by molar-refractivity contribution is 0.533. The lowest BCUT2D eigenvalue weighted by Crippen LogP contribution is -1.85. The van der Waals surface area contributed by atoms with Gasteiger partial charge in [0.15, 0.2) is 0 Å². The summed E-state index contributed by atoms with van der Waals surface area (Å²) in [7, 11) is 0. The molecule has 0 fully saturated rings. The van der Waals surface area contributed by atoms with E-state index >= 15 is 0 Å². The highest BCUT2D eigenvalue weighted by Gasteiger charge is 1.96. The maximum atomic E-state index is 2.57. The first-order valence-electron chi connectivity index (χ1n) is 13.2. The van der Waals surface area contributed by atoms with Crippen LogP contribution in [0.25, 0.3) is 0 Å². The molecular weight excluding hydrogens is 324 g/mol. The maximum Gasteiger partial charge on any atom is -0.0386 e. The van der Waals surface area contributed by atoms with Crippen molar-refractivity contribution in [3.63, 3.8) is 0 Å². The predicted octanol–water partition coefficient (Wildman–Crippen LogP) is 10.6. The SMILES string of the molecule is CCCCCCCCCC[CH]CCCCCCCCCCCCCCCC. The van der Waals surface area contributed by atoms with Gasteiger partial charge in [-0.3, -0.25) is 0 Å². The van der Waals surface area contributed by atoms with Gasteiger partial charge in [0.25, 0.3) is 0 Å². The number of hydrogen-bond donors (Lipinski definition) is 0. The van der Waals surface area contributed by atoms with Crippen LogP contribution in [0, 0.1) is 6.42 Å². The molecule has 0 unspecified atom stereocenters. The van der Waals surface area contributed by atoms with E-state index in [2.05, 4.69) is 20.3 Å². The zero-order valence-electron chi connectivity index (χ0n) is 19.5. The molecule has 0 spiro atoms. The van der Waals surface area contributed by atoms with Gasteiger partial charge in [-0.2, -0.15) is 0 Å². The van der Waals surface area contributed by atoms with Gasteiger partial charge in [0, 0.05) is 0 Å². The van der Waals surface area contributed by atoms with E-state index in [1.165, 1.54) is 154 Å². The van der Waals surface area contributed by atoms with Gasteiger partial charge in [-0.15, -0.1) is 0 Å². The Morgan fingerprint density at radius 1 is 0.296 bits per heavy atom. The van der Waals surface area contributed by atoms with Crippen LogP contribution in [0.4, 0.5) is 0 Å². The van der Waals surface area contributed by atoms with Crippen LogP contribution >= 0.6 is 0 Å². The molecule has 0 heteroatoms. The Labute approximate surface area is 174 Å². The highest BCUT2D eigenvalue weighted by Crippen LogP contribution is 2.15. The van der Waals surface area contributed by atoms with Crippen LogP contribution in [-0.2, 0) is 0 Å². The smallest absolute Gasteiger partial charge is 0.0386 e. The fraction of sp³-hybridized carbons (Fsp3) is 0.963. The Bertz CT molecular complexity index is 208. The van der Waals surface area contributed by atoms with E-state index in [9.17, 15) is 0 Å². The van der Waals surface area contributed by atoms with E-state index in [1.54, 1.807) is 0 Å². The summed E-state index contributed by atoms with van der Waals surface area (Å²) < 4.78 is 0.